The van der Waals surface area contributed by atoms with Gasteiger partial charge in [0.2, 0.25) is 0 Å². The first-order valence-electron chi connectivity index (χ1n) is 21.1. The first-order chi connectivity index (χ1) is 30.3. The van der Waals surface area contributed by atoms with Crippen molar-refractivity contribution >= 4 is 44.2 Å². The lowest BCUT2D eigenvalue weighted by atomic mass is 9.67. The van der Waals surface area contributed by atoms with Crippen molar-refractivity contribution in [2.24, 2.45) is 0 Å². The van der Waals surface area contributed by atoms with Crippen LogP contribution in [0.15, 0.2) is 235 Å². The fraction of sp³-hybridized carbons (Fsp3) is 0.0517. The first-order valence-corrected chi connectivity index (χ1v) is 21.1. The molecular formula is C58H40N2O. The average molecular weight is 781 g/mol. The monoisotopic (exact) mass is 780 g/mol. The van der Waals surface area contributed by atoms with Crippen LogP contribution in [-0.4, -0.2) is 4.98 Å². The molecule has 2 aromatic heterocycles. The van der Waals surface area contributed by atoms with Gasteiger partial charge in [0.15, 0.2) is 5.58 Å². The van der Waals surface area contributed by atoms with Gasteiger partial charge in [-0.05, 0) is 87.3 Å². The molecule has 12 rings (SSSR count). The van der Waals surface area contributed by atoms with E-state index in [0.29, 0.717) is 0 Å². The molecule has 0 saturated heterocycles. The lowest BCUT2D eigenvalue weighted by Gasteiger charge is -2.36. The summed E-state index contributed by atoms with van der Waals surface area (Å²) < 4.78 is 7.02. The minimum atomic E-state index is -0.584. The molecule has 0 radical (unpaired) electrons. The maximum atomic E-state index is 7.02. The highest BCUT2D eigenvalue weighted by Crippen LogP contribution is 2.59. The van der Waals surface area contributed by atoms with E-state index in [1.54, 1.807) is 0 Å². The van der Waals surface area contributed by atoms with E-state index in [2.05, 4.69) is 217 Å². The Labute approximate surface area is 355 Å². The molecule has 0 bridgehead atoms. The number of rotatable bonds is 7. The molecule has 3 heteroatoms. The van der Waals surface area contributed by atoms with Crippen molar-refractivity contribution in [2.45, 2.75) is 17.8 Å². The van der Waals surface area contributed by atoms with Crippen LogP contribution in [0.3, 0.4) is 0 Å². The Morgan fingerprint density at radius 3 is 1.93 bits per heavy atom. The molecular weight excluding hydrogens is 741 g/mol. The fourth-order valence-electron chi connectivity index (χ4n) is 10.2. The Morgan fingerprint density at radius 1 is 0.541 bits per heavy atom. The smallest absolute Gasteiger partial charge is 0.160 e. The molecule has 2 heterocycles. The van der Waals surface area contributed by atoms with Gasteiger partial charge in [0.1, 0.15) is 5.58 Å². The molecule has 0 spiro atoms. The third kappa shape index (κ3) is 5.47. The second-order valence-electron chi connectivity index (χ2n) is 16.2. The molecule has 61 heavy (non-hydrogen) atoms. The van der Waals surface area contributed by atoms with Gasteiger partial charge < -0.3 is 9.32 Å². The highest BCUT2D eigenvalue weighted by Gasteiger charge is 2.47. The molecule has 1 unspecified atom stereocenters. The molecule has 0 fully saturated rings. The molecule has 1 atom stereocenters. The fourth-order valence-corrected chi connectivity index (χ4v) is 10.2. The summed E-state index contributed by atoms with van der Waals surface area (Å²) in [5.41, 5.74) is 16.2. The van der Waals surface area contributed by atoms with Crippen LogP contribution in [0.5, 0.6) is 0 Å². The number of pyridine rings is 1. The largest absolute Gasteiger partial charge is 0.454 e. The van der Waals surface area contributed by atoms with Gasteiger partial charge in [-0.25, -0.2) is 0 Å². The average Bonchev–Trinajstić information content (AvgIpc) is 3.87. The van der Waals surface area contributed by atoms with E-state index in [0.717, 1.165) is 67.5 Å². The van der Waals surface area contributed by atoms with Crippen LogP contribution in [0.4, 0.5) is 11.4 Å². The highest BCUT2D eigenvalue weighted by atomic mass is 16.3. The number of allylic oxidation sites excluding steroid dienone is 3. The summed E-state index contributed by atoms with van der Waals surface area (Å²) in [5.74, 6) is 0.267. The molecule has 10 aromatic rings. The number of para-hydroxylation sites is 1. The summed E-state index contributed by atoms with van der Waals surface area (Å²) in [6.07, 6.45) is 9.85. The third-order valence-electron chi connectivity index (χ3n) is 12.9. The number of aromatic nitrogens is 1. The Kier molecular flexibility index (Phi) is 8.21. The van der Waals surface area contributed by atoms with Crippen LogP contribution in [0, 0.1) is 0 Å². The summed E-state index contributed by atoms with van der Waals surface area (Å²) in [6, 6.07) is 72.6. The van der Waals surface area contributed by atoms with E-state index in [4.69, 9.17) is 9.40 Å². The maximum absolute atomic E-state index is 7.02. The molecule has 2 aliphatic rings. The summed E-state index contributed by atoms with van der Waals surface area (Å²) in [5, 5.41) is 3.22. The minimum Gasteiger partial charge on any atom is -0.454 e. The zero-order valence-electron chi connectivity index (χ0n) is 33.4. The Balaban J connectivity index is 1.21. The predicted octanol–water partition coefficient (Wildman–Crippen LogP) is 14.9. The summed E-state index contributed by atoms with van der Waals surface area (Å²) in [4.78, 5) is 7.47. The SMILES string of the molecule is C1=CC(c2ccccc2)CC=C1N(c1cc2c(cc1-c1ccccc1)-c1ccccc1C2(c1ccccc1)c1ccccc1)c1cc2ncccc2c2c1oc1ccccc12. The van der Waals surface area contributed by atoms with Crippen molar-refractivity contribution in [1.82, 2.24) is 4.98 Å². The van der Waals surface area contributed by atoms with E-state index >= 15 is 0 Å². The van der Waals surface area contributed by atoms with Crippen molar-refractivity contribution in [3.05, 3.63) is 258 Å². The van der Waals surface area contributed by atoms with Gasteiger partial charge >= 0.3 is 0 Å². The molecule has 8 aromatic carbocycles. The molecule has 2 aliphatic carbocycles. The Hall–Kier alpha value is -7.75. The molecule has 0 saturated carbocycles. The van der Waals surface area contributed by atoms with Crippen LogP contribution in [0.2, 0.25) is 0 Å². The van der Waals surface area contributed by atoms with Crippen LogP contribution < -0.4 is 4.90 Å². The van der Waals surface area contributed by atoms with E-state index in [1.165, 1.54) is 38.9 Å². The zero-order chi connectivity index (χ0) is 40.3. The topological polar surface area (TPSA) is 29.3 Å². The summed E-state index contributed by atoms with van der Waals surface area (Å²) in [7, 11) is 0. The van der Waals surface area contributed by atoms with Gasteiger partial charge in [-0.2, -0.15) is 0 Å². The molecule has 0 N–H and O–H groups in total. The standard InChI is InChI=1S/C58H40N2O/c1-5-18-39(19-6-1)40-31-33-44(34-32-40)60(54-38-52-46(28-17-35-59-52)56-47-27-14-16-30-55(47)61-57(54)56)53-37-51-49(36-48(53)41-20-7-2-8-21-41)45-26-13-15-29-50(45)58(51,42-22-9-3-10-23-42)43-24-11-4-12-25-43/h1-31,33-38,40H,32H2. The van der Waals surface area contributed by atoms with Gasteiger partial charge in [0.25, 0.3) is 0 Å². The van der Waals surface area contributed by atoms with Crippen molar-refractivity contribution in [3.63, 3.8) is 0 Å². The van der Waals surface area contributed by atoms with Gasteiger partial charge in [-0.15, -0.1) is 0 Å². The number of benzene rings is 8. The summed E-state index contributed by atoms with van der Waals surface area (Å²) >= 11 is 0. The lowest BCUT2D eigenvalue weighted by Crippen LogP contribution is -2.29. The number of hydrogen-bond donors (Lipinski definition) is 0. The van der Waals surface area contributed by atoms with Crippen LogP contribution in [-0.2, 0) is 5.41 Å². The number of fused-ring (bicyclic) bond motifs is 8. The van der Waals surface area contributed by atoms with Crippen molar-refractivity contribution in [3.8, 4) is 22.3 Å². The van der Waals surface area contributed by atoms with Crippen LogP contribution in [0.25, 0.3) is 55.1 Å². The number of hydrogen-bond acceptors (Lipinski definition) is 3. The molecule has 0 aliphatic heterocycles. The minimum absolute atomic E-state index is 0.267. The normalized spacial score (nSPS) is 15.1. The van der Waals surface area contributed by atoms with Crippen LogP contribution >= 0.6 is 0 Å². The van der Waals surface area contributed by atoms with Crippen molar-refractivity contribution in [2.75, 3.05) is 4.90 Å². The van der Waals surface area contributed by atoms with E-state index in [1.807, 2.05) is 12.3 Å². The third-order valence-corrected chi connectivity index (χ3v) is 12.9. The van der Waals surface area contributed by atoms with E-state index < -0.39 is 5.41 Å². The van der Waals surface area contributed by atoms with Crippen molar-refractivity contribution in [1.29, 1.82) is 0 Å². The van der Waals surface area contributed by atoms with E-state index in [9.17, 15) is 0 Å². The van der Waals surface area contributed by atoms with Gasteiger partial charge in [-0.3, -0.25) is 4.98 Å². The van der Waals surface area contributed by atoms with E-state index in [-0.39, 0.29) is 5.92 Å². The zero-order valence-corrected chi connectivity index (χ0v) is 33.4. The highest BCUT2D eigenvalue weighted by molar-refractivity contribution is 6.22. The second-order valence-corrected chi connectivity index (χ2v) is 16.2. The van der Waals surface area contributed by atoms with Gasteiger partial charge in [0, 0.05) is 39.5 Å². The second kappa shape index (κ2) is 14.2. The lowest BCUT2D eigenvalue weighted by molar-refractivity contribution is 0.669. The first kappa shape index (κ1) is 35.2. The summed E-state index contributed by atoms with van der Waals surface area (Å²) in [6.45, 7) is 0. The van der Waals surface area contributed by atoms with Crippen LogP contribution in [0.1, 0.15) is 40.2 Å². The number of anilines is 2. The Bertz CT molecular complexity index is 3290. The molecule has 288 valence electrons. The van der Waals surface area contributed by atoms with Gasteiger partial charge in [-0.1, -0.05) is 182 Å². The quantitative estimate of drug-likeness (QED) is 0.161. The van der Waals surface area contributed by atoms with Gasteiger partial charge in [0.05, 0.1) is 22.3 Å². The molecule has 0 amide bonds. The van der Waals surface area contributed by atoms with Crippen molar-refractivity contribution < 1.29 is 4.42 Å². The predicted molar refractivity (Wildman–Crippen MR) is 251 cm³/mol. The maximum Gasteiger partial charge on any atom is 0.160 e. The number of nitrogens with zero attached hydrogens (tertiary/aromatic N) is 2. The Morgan fingerprint density at radius 2 is 1.20 bits per heavy atom. The molecule has 3 nitrogen and oxygen atoms in total. The number of furan rings is 1.